The van der Waals surface area contributed by atoms with Crippen LogP contribution in [0.2, 0.25) is 0 Å². The van der Waals surface area contributed by atoms with E-state index in [-0.39, 0.29) is 12.1 Å². The molecule has 22 heavy (non-hydrogen) atoms. The molecule has 1 aliphatic heterocycles. The number of anilines is 1. The normalized spacial score (nSPS) is 18.7. The smallest absolute Gasteiger partial charge is 0.410 e. The lowest BCUT2D eigenvalue weighted by Crippen LogP contribution is -2.36. The SMILES string of the molecule is CC(C)(C)OC(=O)N1CC[C@@H](Nc2cccc3ccsc23)C1. The average Bonchev–Trinajstić information content (AvgIpc) is 3.05. The molecule has 2 heterocycles. The molecule has 5 heteroatoms. The molecule has 2 aromatic rings. The van der Waals surface area contributed by atoms with Crippen LogP contribution in [0.1, 0.15) is 27.2 Å². The molecule has 0 bridgehead atoms. The summed E-state index contributed by atoms with van der Waals surface area (Å²) in [7, 11) is 0. The number of thiophene rings is 1. The van der Waals surface area contributed by atoms with Gasteiger partial charge >= 0.3 is 6.09 Å². The molecule has 1 fully saturated rings. The number of fused-ring (bicyclic) bond motifs is 1. The maximum Gasteiger partial charge on any atom is 0.410 e. The zero-order valence-corrected chi connectivity index (χ0v) is 14.1. The van der Waals surface area contributed by atoms with E-state index < -0.39 is 5.60 Å². The number of likely N-dealkylation sites (tertiary alicyclic amines) is 1. The number of ether oxygens (including phenoxy) is 1. The maximum absolute atomic E-state index is 12.1. The van der Waals surface area contributed by atoms with E-state index in [9.17, 15) is 4.79 Å². The Morgan fingerprint density at radius 2 is 2.18 bits per heavy atom. The van der Waals surface area contributed by atoms with Crippen molar-refractivity contribution in [3.63, 3.8) is 0 Å². The molecule has 1 aliphatic rings. The monoisotopic (exact) mass is 318 g/mol. The highest BCUT2D eigenvalue weighted by molar-refractivity contribution is 7.17. The highest BCUT2D eigenvalue weighted by Crippen LogP contribution is 2.30. The molecule has 1 N–H and O–H groups in total. The van der Waals surface area contributed by atoms with E-state index in [1.165, 1.54) is 10.1 Å². The first-order chi connectivity index (χ1) is 10.4. The lowest BCUT2D eigenvalue weighted by Gasteiger charge is -2.24. The van der Waals surface area contributed by atoms with Gasteiger partial charge in [0.15, 0.2) is 0 Å². The number of carbonyl (C=O) groups is 1. The molecule has 1 aromatic carbocycles. The Labute approximate surface area is 135 Å². The molecule has 0 unspecified atom stereocenters. The highest BCUT2D eigenvalue weighted by atomic mass is 32.1. The van der Waals surface area contributed by atoms with Crippen molar-refractivity contribution in [3.8, 4) is 0 Å². The summed E-state index contributed by atoms with van der Waals surface area (Å²) in [5, 5.41) is 6.95. The molecule has 0 saturated carbocycles. The number of nitrogens with zero attached hydrogens (tertiary/aromatic N) is 1. The molecule has 1 saturated heterocycles. The first-order valence-electron chi connectivity index (χ1n) is 7.63. The number of nitrogens with one attached hydrogen (secondary N) is 1. The van der Waals surface area contributed by atoms with Gasteiger partial charge in [0.1, 0.15) is 5.60 Å². The number of carbonyl (C=O) groups excluding carboxylic acids is 1. The molecular formula is C17H22N2O2S. The van der Waals surface area contributed by atoms with Crippen LogP contribution in [-0.2, 0) is 4.74 Å². The van der Waals surface area contributed by atoms with Gasteiger partial charge in [-0.2, -0.15) is 0 Å². The fourth-order valence-electron chi connectivity index (χ4n) is 2.70. The van der Waals surface area contributed by atoms with Gasteiger partial charge in [-0.05, 0) is 50.1 Å². The molecule has 1 amide bonds. The Morgan fingerprint density at radius 3 is 2.95 bits per heavy atom. The van der Waals surface area contributed by atoms with E-state index in [1.54, 1.807) is 16.2 Å². The highest BCUT2D eigenvalue weighted by Gasteiger charge is 2.29. The summed E-state index contributed by atoms with van der Waals surface area (Å²) in [5.74, 6) is 0. The molecule has 4 nitrogen and oxygen atoms in total. The Bertz CT molecular complexity index is 675. The van der Waals surface area contributed by atoms with E-state index in [0.717, 1.165) is 18.7 Å². The van der Waals surface area contributed by atoms with Gasteiger partial charge in [0, 0.05) is 19.1 Å². The summed E-state index contributed by atoms with van der Waals surface area (Å²) >= 11 is 1.74. The van der Waals surface area contributed by atoms with Crippen LogP contribution in [0.4, 0.5) is 10.5 Å². The van der Waals surface area contributed by atoms with Crippen molar-refractivity contribution in [2.75, 3.05) is 18.4 Å². The minimum atomic E-state index is -0.439. The molecular weight excluding hydrogens is 296 g/mol. The van der Waals surface area contributed by atoms with Crippen molar-refractivity contribution in [2.24, 2.45) is 0 Å². The second kappa shape index (κ2) is 5.80. The standard InChI is InChI=1S/C17H22N2O2S/c1-17(2,3)21-16(20)19-9-7-13(11-19)18-14-6-4-5-12-8-10-22-15(12)14/h4-6,8,10,13,18H,7,9,11H2,1-3H3/t13-/m1/s1. The molecule has 1 aromatic heterocycles. The van der Waals surface area contributed by atoms with E-state index in [0.29, 0.717) is 6.54 Å². The first-order valence-corrected chi connectivity index (χ1v) is 8.51. The van der Waals surface area contributed by atoms with Gasteiger partial charge in [0.05, 0.1) is 10.4 Å². The van der Waals surface area contributed by atoms with Crippen LogP contribution in [-0.4, -0.2) is 35.7 Å². The average molecular weight is 318 g/mol. The van der Waals surface area contributed by atoms with Gasteiger partial charge in [0.2, 0.25) is 0 Å². The Morgan fingerprint density at radius 1 is 1.36 bits per heavy atom. The quantitative estimate of drug-likeness (QED) is 0.896. The molecule has 118 valence electrons. The summed E-state index contributed by atoms with van der Waals surface area (Å²) in [6.45, 7) is 7.13. The second-order valence-electron chi connectivity index (χ2n) is 6.70. The number of rotatable bonds is 2. The van der Waals surface area contributed by atoms with Gasteiger partial charge in [-0.3, -0.25) is 0 Å². The minimum Gasteiger partial charge on any atom is -0.444 e. The number of hydrogen-bond donors (Lipinski definition) is 1. The van der Waals surface area contributed by atoms with Crippen molar-refractivity contribution >= 4 is 33.2 Å². The zero-order valence-electron chi connectivity index (χ0n) is 13.3. The third-order valence-corrected chi connectivity index (χ3v) is 4.64. The van der Waals surface area contributed by atoms with Gasteiger partial charge in [-0.15, -0.1) is 11.3 Å². The molecule has 3 rings (SSSR count). The molecule has 0 aliphatic carbocycles. The molecule has 0 radical (unpaired) electrons. The maximum atomic E-state index is 12.1. The lowest BCUT2D eigenvalue weighted by atomic mass is 10.2. The largest absolute Gasteiger partial charge is 0.444 e. The van der Waals surface area contributed by atoms with Crippen LogP contribution < -0.4 is 5.32 Å². The van der Waals surface area contributed by atoms with Crippen molar-refractivity contribution < 1.29 is 9.53 Å². The van der Waals surface area contributed by atoms with Crippen molar-refractivity contribution in [2.45, 2.75) is 38.8 Å². The number of benzene rings is 1. The Balaban J connectivity index is 1.64. The van der Waals surface area contributed by atoms with E-state index in [4.69, 9.17) is 4.74 Å². The van der Waals surface area contributed by atoms with Crippen LogP contribution in [0.5, 0.6) is 0 Å². The molecule has 1 atom stereocenters. The minimum absolute atomic E-state index is 0.217. The zero-order chi connectivity index (χ0) is 15.7. The van der Waals surface area contributed by atoms with Crippen LogP contribution in [0.15, 0.2) is 29.6 Å². The van der Waals surface area contributed by atoms with Gasteiger partial charge in [-0.1, -0.05) is 12.1 Å². The topological polar surface area (TPSA) is 41.6 Å². The number of hydrogen-bond acceptors (Lipinski definition) is 4. The van der Waals surface area contributed by atoms with E-state index >= 15 is 0 Å². The van der Waals surface area contributed by atoms with E-state index in [2.05, 4.69) is 35.0 Å². The number of amides is 1. The van der Waals surface area contributed by atoms with Crippen LogP contribution >= 0.6 is 11.3 Å². The lowest BCUT2D eigenvalue weighted by molar-refractivity contribution is 0.0293. The summed E-state index contributed by atoms with van der Waals surface area (Å²) in [6.07, 6.45) is 0.729. The van der Waals surface area contributed by atoms with Gasteiger partial charge < -0.3 is 15.0 Å². The summed E-state index contributed by atoms with van der Waals surface area (Å²) < 4.78 is 6.72. The fourth-order valence-corrected chi connectivity index (χ4v) is 3.57. The third kappa shape index (κ3) is 3.35. The van der Waals surface area contributed by atoms with E-state index in [1.807, 2.05) is 20.8 Å². The van der Waals surface area contributed by atoms with Crippen LogP contribution in [0.3, 0.4) is 0 Å². The fraction of sp³-hybridized carbons (Fsp3) is 0.471. The molecule has 0 spiro atoms. The van der Waals surface area contributed by atoms with Gasteiger partial charge in [-0.25, -0.2) is 4.79 Å². The van der Waals surface area contributed by atoms with Crippen LogP contribution in [0, 0.1) is 0 Å². The van der Waals surface area contributed by atoms with Gasteiger partial charge in [0.25, 0.3) is 0 Å². The third-order valence-electron chi connectivity index (χ3n) is 3.68. The summed E-state index contributed by atoms with van der Waals surface area (Å²) in [5.41, 5.74) is 0.717. The second-order valence-corrected chi connectivity index (χ2v) is 7.62. The predicted octanol–water partition coefficient (Wildman–Crippen LogP) is 4.32. The Kier molecular flexibility index (Phi) is 4.00. The van der Waals surface area contributed by atoms with Crippen molar-refractivity contribution in [1.29, 1.82) is 0 Å². The summed E-state index contributed by atoms with van der Waals surface area (Å²) in [4.78, 5) is 13.9. The first kappa shape index (κ1) is 15.2. The predicted molar refractivity (Wildman–Crippen MR) is 91.7 cm³/mol. The van der Waals surface area contributed by atoms with Crippen LogP contribution in [0.25, 0.3) is 10.1 Å². The Hall–Kier alpha value is -1.75. The summed E-state index contributed by atoms with van der Waals surface area (Å²) in [6, 6.07) is 8.71. The van der Waals surface area contributed by atoms with Crippen molar-refractivity contribution in [1.82, 2.24) is 4.90 Å². The van der Waals surface area contributed by atoms with Crippen molar-refractivity contribution in [3.05, 3.63) is 29.6 Å².